The van der Waals surface area contributed by atoms with Crippen LogP contribution in [0.4, 0.5) is 0 Å². The minimum absolute atomic E-state index is 0.0143. The average Bonchev–Trinajstić information content (AvgIpc) is 2.19. The molecule has 76 valence electrons. The van der Waals surface area contributed by atoms with Gasteiger partial charge < -0.3 is 5.32 Å². The standard InChI is InChI=1S/C10H11Cl2NO/c1-7-2-3-9(12)4-8(7)6-13-10(14)5-11/h2-4H,5-6H2,1H3,(H,13,14). The minimum Gasteiger partial charge on any atom is -0.351 e. The van der Waals surface area contributed by atoms with Crippen LogP contribution < -0.4 is 5.32 Å². The molecule has 1 N–H and O–H groups in total. The number of rotatable bonds is 3. The fourth-order valence-electron chi connectivity index (χ4n) is 1.07. The molecule has 0 aliphatic heterocycles. The van der Waals surface area contributed by atoms with E-state index in [-0.39, 0.29) is 11.8 Å². The highest BCUT2D eigenvalue weighted by atomic mass is 35.5. The summed E-state index contributed by atoms with van der Waals surface area (Å²) in [6.07, 6.45) is 0. The number of halogens is 2. The van der Waals surface area contributed by atoms with Crippen LogP contribution in [0.5, 0.6) is 0 Å². The Morgan fingerprint density at radius 2 is 2.21 bits per heavy atom. The molecule has 0 aliphatic carbocycles. The van der Waals surface area contributed by atoms with Gasteiger partial charge in [-0.15, -0.1) is 11.6 Å². The van der Waals surface area contributed by atoms with Crippen molar-refractivity contribution < 1.29 is 4.79 Å². The molecular formula is C10H11Cl2NO. The summed E-state index contributed by atoms with van der Waals surface area (Å²) in [4.78, 5) is 10.9. The Labute approximate surface area is 93.2 Å². The molecule has 1 amide bonds. The van der Waals surface area contributed by atoms with Gasteiger partial charge in [-0.3, -0.25) is 4.79 Å². The summed E-state index contributed by atoms with van der Waals surface area (Å²) in [5.74, 6) is -0.189. The van der Waals surface area contributed by atoms with Gasteiger partial charge in [0, 0.05) is 11.6 Å². The third-order valence-corrected chi connectivity index (χ3v) is 2.39. The molecule has 1 rings (SSSR count). The van der Waals surface area contributed by atoms with Gasteiger partial charge in [0.2, 0.25) is 5.91 Å². The molecule has 0 heterocycles. The van der Waals surface area contributed by atoms with E-state index in [1.165, 1.54) is 0 Å². The average molecular weight is 232 g/mol. The van der Waals surface area contributed by atoms with Crippen molar-refractivity contribution in [1.82, 2.24) is 5.32 Å². The summed E-state index contributed by atoms with van der Waals surface area (Å²) in [5.41, 5.74) is 2.11. The van der Waals surface area contributed by atoms with E-state index in [0.717, 1.165) is 11.1 Å². The first-order chi connectivity index (χ1) is 6.63. The maximum absolute atomic E-state index is 10.9. The topological polar surface area (TPSA) is 29.1 Å². The van der Waals surface area contributed by atoms with Gasteiger partial charge in [0.15, 0.2) is 0 Å². The monoisotopic (exact) mass is 231 g/mol. The van der Waals surface area contributed by atoms with Crippen LogP contribution in [-0.2, 0) is 11.3 Å². The second-order valence-electron chi connectivity index (χ2n) is 2.98. The van der Waals surface area contributed by atoms with E-state index in [1.807, 2.05) is 25.1 Å². The van der Waals surface area contributed by atoms with Gasteiger partial charge in [0.1, 0.15) is 5.88 Å². The van der Waals surface area contributed by atoms with E-state index in [2.05, 4.69) is 5.32 Å². The molecule has 0 saturated heterocycles. The highest BCUT2D eigenvalue weighted by Crippen LogP contribution is 2.14. The molecule has 0 saturated carbocycles. The summed E-state index contributed by atoms with van der Waals surface area (Å²) < 4.78 is 0. The maximum Gasteiger partial charge on any atom is 0.235 e. The van der Waals surface area contributed by atoms with Crippen molar-refractivity contribution in [3.8, 4) is 0 Å². The fourth-order valence-corrected chi connectivity index (χ4v) is 1.36. The van der Waals surface area contributed by atoms with Crippen molar-refractivity contribution in [2.24, 2.45) is 0 Å². The number of nitrogens with one attached hydrogen (secondary N) is 1. The zero-order valence-corrected chi connectivity index (χ0v) is 9.32. The van der Waals surface area contributed by atoms with Gasteiger partial charge in [-0.05, 0) is 30.2 Å². The lowest BCUT2D eigenvalue weighted by molar-refractivity contribution is -0.118. The minimum atomic E-state index is -0.175. The van der Waals surface area contributed by atoms with E-state index < -0.39 is 0 Å². The Morgan fingerprint density at radius 3 is 2.86 bits per heavy atom. The molecule has 0 unspecified atom stereocenters. The summed E-state index contributed by atoms with van der Waals surface area (Å²) in [6.45, 7) is 2.44. The quantitative estimate of drug-likeness (QED) is 0.797. The van der Waals surface area contributed by atoms with E-state index in [1.54, 1.807) is 0 Å². The largest absolute Gasteiger partial charge is 0.351 e. The molecule has 0 atom stereocenters. The van der Waals surface area contributed by atoms with Crippen molar-refractivity contribution in [2.75, 3.05) is 5.88 Å². The second-order valence-corrected chi connectivity index (χ2v) is 3.68. The predicted molar refractivity (Wildman–Crippen MR) is 58.8 cm³/mol. The predicted octanol–water partition coefficient (Wildman–Crippen LogP) is 2.50. The smallest absolute Gasteiger partial charge is 0.235 e. The van der Waals surface area contributed by atoms with Crippen molar-refractivity contribution >= 4 is 29.1 Å². The van der Waals surface area contributed by atoms with Crippen LogP contribution in [0.25, 0.3) is 0 Å². The normalized spacial score (nSPS) is 9.93. The molecular weight excluding hydrogens is 221 g/mol. The van der Waals surface area contributed by atoms with Gasteiger partial charge in [-0.25, -0.2) is 0 Å². The summed E-state index contributed by atoms with van der Waals surface area (Å²) in [5, 5.41) is 3.36. The Bertz CT molecular complexity index is 339. The molecule has 4 heteroatoms. The van der Waals surface area contributed by atoms with Crippen LogP contribution in [0.1, 0.15) is 11.1 Å². The van der Waals surface area contributed by atoms with Crippen LogP contribution in [-0.4, -0.2) is 11.8 Å². The maximum atomic E-state index is 10.9. The third kappa shape index (κ3) is 3.20. The van der Waals surface area contributed by atoms with Crippen molar-refractivity contribution in [3.05, 3.63) is 34.3 Å². The van der Waals surface area contributed by atoms with E-state index in [0.29, 0.717) is 11.6 Å². The highest BCUT2D eigenvalue weighted by Gasteiger charge is 2.01. The van der Waals surface area contributed by atoms with Crippen LogP contribution in [0.15, 0.2) is 18.2 Å². The third-order valence-electron chi connectivity index (χ3n) is 1.91. The summed E-state index contributed by atoms with van der Waals surface area (Å²) >= 11 is 11.2. The molecule has 0 radical (unpaired) electrons. The summed E-state index contributed by atoms with van der Waals surface area (Å²) in [6, 6.07) is 5.58. The lowest BCUT2D eigenvalue weighted by Crippen LogP contribution is -2.24. The summed E-state index contributed by atoms with van der Waals surface area (Å²) in [7, 11) is 0. The molecule has 0 aromatic heterocycles. The molecule has 1 aromatic carbocycles. The number of hydrogen-bond donors (Lipinski definition) is 1. The van der Waals surface area contributed by atoms with Crippen molar-refractivity contribution in [2.45, 2.75) is 13.5 Å². The Morgan fingerprint density at radius 1 is 1.50 bits per heavy atom. The van der Waals surface area contributed by atoms with Gasteiger partial charge in [-0.1, -0.05) is 17.7 Å². The molecule has 2 nitrogen and oxygen atoms in total. The lowest BCUT2D eigenvalue weighted by Gasteiger charge is -2.07. The number of benzene rings is 1. The van der Waals surface area contributed by atoms with Gasteiger partial charge in [0.05, 0.1) is 0 Å². The SMILES string of the molecule is Cc1ccc(Cl)cc1CNC(=O)CCl. The van der Waals surface area contributed by atoms with Crippen molar-refractivity contribution in [1.29, 1.82) is 0 Å². The molecule has 0 bridgehead atoms. The lowest BCUT2D eigenvalue weighted by atomic mass is 10.1. The number of carbonyl (C=O) groups excluding carboxylic acids is 1. The number of amides is 1. The molecule has 1 aromatic rings. The Balaban J connectivity index is 2.66. The molecule has 14 heavy (non-hydrogen) atoms. The van der Waals surface area contributed by atoms with Gasteiger partial charge in [-0.2, -0.15) is 0 Å². The number of alkyl halides is 1. The first-order valence-corrected chi connectivity index (χ1v) is 5.12. The Hall–Kier alpha value is -0.730. The van der Waals surface area contributed by atoms with Crippen LogP contribution in [0.3, 0.4) is 0 Å². The Kier molecular flexibility index (Phi) is 4.23. The first-order valence-electron chi connectivity index (χ1n) is 4.21. The highest BCUT2D eigenvalue weighted by molar-refractivity contribution is 6.30. The zero-order chi connectivity index (χ0) is 10.6. The molecule has 0 aliphatic rings. The fraction of sp³-hybridized carbons (Fsp3) is 0.300. The van der Waals surface area contributed by atoms with E-state index >= 15 is 0 Å². The number of carbonyl (C=O) groups is 1. The van der Waals surface area contributed by atoms with Crippen molar-refractivity contribution in [3.63, 3.8) is 0 Å². The number of hydrogen-bond acceptors (Lipinski definition) is 1. The molecule has 0 fully saturated rings. The first kappa shape index (κ1) is 11.3. The van der Waals surface area contributed by atoms with Crippen LogP contribution >= 0.6 is 23.2 Å². The van der Waals surface area contributed by atoms with E-state index in [4.69, 9.17) is 23.2 Å². The number of aryl methyl sites for hydroxylation is 1. The zero-order valence-electron chi connectivity index (χ0n) is 7.81. The molecule has 0 spiro atoms. The second kappa shape index (κ2) is 5.23. The van der Waals surface area contributed by atoms with Crippen LogP contribution in [0.2, 0.25) is 5.02 Å². The van der Waals surface area contributed by atoms with E-state index in [9.17, 15) is 4.79 Å². The van der Waals surface area contributed by atoms with Gasteiger partial charge in [0.25, 0.3) is 0 Å². The van der Waals surface area contributed by atoms with Crippen LogP contribution in [0, 0.1) is 6.92 Å². The van der Waals surface area contributed by atoms with Gasteiger partial charge >= 0.3 is 0 Å².